The number of aromatic nitrogens is 2. The van der Waals surface area contributed by atoms with Gasteiger partial charge in [-0.15, -0.1) is 11.3 Å². The van der Waals surface area contributed by atoms with Crippen LogP contribution in [0.1, 0.15) is 46.4 Å². The third kappa shape index (κ3) is 2.84. The highest BCUT2D eigenvalue weighted by molar-refractivity contribution is 7.10. The molecule has 2 aliphatic rings. The normalized spacial score (nSPS) is 20.8. The number of fused-ring (bicyclic) bond motifs is 1. The highest BCUT2D eigenvalue weighted by Crippen LogP contribution is 2.49. The number of aromatic amines is 1. The minimum absolute atomic E-state index is 0.0631. The van der Waals surface area contributed by atoms with E-state index in [1.807, 2.05) is 19.1 Å². The summed E-state index contributed by atoms with van der Waals surface area (Å²) < 4.78 is 5.19. The number of aryl methyl sites for hydroxylation is 1. The van der Waals surface area contributed by atoms with Crippen molar-refractivity contribution in [1.82, 2.24) is 10.2 Å². The molecule has 29 heavy (non-hydrogen) atoms. The molecule has 0 amide bonds. The monoisotopic (exact) mass is 407 g/mol. The number of allylic oxidation sites excluding steroid dienone is 2. The summed E-state index contributed by atoms with van der Waals surface area (Å²) >= 11 is 1.69. The van der Waals surface area contributed by atoms with Crippen molar-refractivity contribution in [3.05, 3.63) is 68.7 Å². The Bertz CT molecular complexity index is 1130. The number of benzene rings is 1. The molecule has 2 aromatic heterocycles. The molecule has 2 atom stereocenters. The van der Waals surface area contributed by atoms with E-state index >= 15 is 0 Å². The van der Waals surface area contributed by atoms with Gasteiger partial charge in [0.1, 0.15) is 0 Å². The van der Waals surface area contributed by atoms with Gasteiger partial charge in [0, 0.05) is 45.7 Å². The fraction of sp³-hybridized carbons (Fsp3) is 0.273. The molecule has 2 unspecified atom stereocenters. The molecule has 0 bridgehead atoms. The molecule has 0 spiro atoms. The van der Waals surface area contributed by atoms with E-state index in [1.54, 1.807) is 23.5 Å². The molecule has 0 radical (unpaired) electrons. The highest BCUT2D eigenvalue weighted by atomic mass is 32.1. The molecule has 1 aliphatic carbocycles. The lowest BCUT2D eigenvalue weighted by Gasteiger charge is -2.34. The maximum Gasteiger partial charge on any atom is 0.162 e. The van der Waals surface area contributed by atoms with E-state index in [9.17, 15) is 9.90 Å². The summed E-state index contributed by atoms with van der Waals surface area (Å²) in [6, 6.07) is 9.47. The van der Waals surface area contributed by atoms with E-state index in [0.717, 1.165) is 40.3 Å². The Morgan fingerprint density at radius 1 is 1.28 bits per heavy atom. The van der Waals surface area contributed by atoms with Crippen molar-refractivity contribution in [3.8, 4) is 11.5 Å². The van der Waals surface area contributed by atoms with E-state index in [1.165, 1.54) is 12.0 Å². The van der Waals surface area contributed by atoms with E-state index in [-0.39, 0.29) is 23.4 Å². The number of ketones is 1. The van der Waals surface area contributed by atoms with Crippen molar-refractivity contribution in [2.24, 2.45) is 0 Å². The number of ether oxygens (including phenoxy) is 1. The number of thiophene rings is 1. The van der Waals surface area contributed by atoms with Crippen LogP contribution in [0.2, 0.25) is 0 Å². The molecule has 148 valence electrons. The van der Waals surface area contributed by atoms with Crippen molar-refractivity contribution in [1.29, 1.82) is 0 Å². The quantitative estimate of drug-likeness (QED) is 0.597. The van der Waals surface area contributed by atoms with Crippen LogP contribution < -0.4 is 10.1 Å². The van der Waals surface area contributed by atoms with Gasteiger partial charge in [-0.05, 0) is 42.5 Å². The molecule has 3 N–H and O–H groups in total. The number of H-pyrrole nitrogens is 1. The molecule has 7 heteroatoms. The largest absolute Gasteiger partial charge is 0.504 e. The first-order valence-corrected chi connectivity index (χ1v) is 10.4. The van der Waals surface area contributed by atoms with Gasteiger partial charge >= 0.3 is 0 Å². The lowest BCUT2D eigenvalue weighted by Crippen LogP contribution is -2.29. The number of rotatable bonds is 3. The number of aromatic hydroxyl groups is 1. The van der Waals surface area contributed by atoms with Gasteiger partial charge in [-0.3, -0.25) is 9.89 Å². The fourth-order valence-electron chi connectivity index (χ4n) is 4.50. The van der Waals surface area contributed by atoms with E-state index in [2.05, 4.69) is 27.0 Å². The van der Waals surface area contributed by atoms with Gasteiger partial charge in [-0.25, -0.2) is 0 Å². The smallest absolute Gasteiger partial charge is 0.162 e. The number of phenolic OH excluding ortho intramolecular Hbond substituents is 1. The number of hydrogen-bond acceptors (Lipinski definition) is 6. The summed E-state index contributed by atoms with van der Waals surface area (Å²) in [5.41, 5.74) is 4.42. The molecule has 0 fully saturated rings. The van der Waals surface area contributed by atoms with Crippen LogP contribution in [0, 0.1) is 6.92 Å². The molecule has 3 aromatic rings. The van der Waals surface area contributed by atoms with Crippen LogP contribution in [0.25, 0.3) is 0 Å². The number of Topliss-reactive ketones (excluding diaryl/α,β-unsaturated/α-hetero) is 1. The molecule has 0 saturated carbocycles. The topological polar surface area (TPSA) is 87.2 Å². The maximum atomic E-state index is 13.4. The first-order chi connectivity index (χ1) is 14.1. The predicted molar refractivity (Wildman–Crippen MR) is 112 cm³/mol. The van der Waals surface area contributed by atoms with Crippen LogP contribution in [0.15, 0.2) is 47.0 Å². The van der Waals surface area contributed by atoms with Gasteiger partial charge in [0.25, 0.3) is 0 Å². The minimum atomic E-state index is -0.270. The number of nitrogens with zero attached hydrogens (tertiary/aromatic N) is 1. The molecular formula is C22H21N3O3S. The highest BCUT2D eigenvalue weighted by Gasteiger charge is 2.40. The zero-order valence-electron chi connectivity index (χ0n) is 16.2. The lowest BCUT2D eigenvalue weighted by atomic mass is 9.73. The third-order valence-electron chi connectivity index (χ3n) is 5.83. The van der Waals surface area contributed by atoms with Gasteiger partial charge in [-0.1, -0.05) is 12.1 Å². The molecule has 5 rings (SSSR count). The van der Waals surface area contributed by atoms with Gasteiger partial charge in [-0.2, -0.15) is 5.10 Å². The zero-order chi connectivity index (χ0) is 20.1. The van der Waals surface area contributed by atoms with Crippen molar-refractivity contribution >= 4 is 22.9 Å². The molecule has 3 heterocycles. The maximum absolute atomic E-state index is 13.4. The van der Waals surface area contributed by atoms with Crippen LogP contribution >= 0.6 is 11.3 Å². The van der Waals surface area contributed by atoms with Crippen LogP contribution in [0.5, 0.6) is 11.5 Å². The zero-order valence-corrected chi connectivity index (χ0v) is 17.0. The minimum Gasteiger partial charge on any atom is -0.504 e. The number of anilines is 1. The Balaban J connectivity index is 1.64. The van der Waals surface area contributed by atoms with Gasteiger partial charge in [0.05, 0.1) is 7.11 Å². The SMILES string of the molecule is COc1ccc(C2C3=C(CC(c4cccs4)CC3=O)Nc3n[nH]c(C)c32)cc1O. The van der Waals surface area contributed by atoms with Crippen LogP contribution in [-0.2, 0) is 4.79 Å². The summed E-state index contributed by atoms with van der Waals surface area (Å²) in [7, 11) is 1.52. The summed E-state index contributed by atoms with van der Waals surface area (Å²) in [6.07, 6.45) is 1.26. The summed E-state index contributed by atoms with van der Waals surface area (Å²) in [6.45, 7) is 1.96. The second-order valence-corrected chi connectivity index (χ2v) is 8.52. The average Bonchev–Trinajstić information content (AvgIpc) is 3.37. The molecular weight excluding hydrogens is 386 g/mol. The Labute approximate surface area is 172 Å². The molecule has 1 aliphatic heterocycles. The Morgan fingerprint density at radius 3 is 2.86 bits per heavy atom. The first kappa shape index (κ1) is 18.0. The Morgan fingerprint density at radius 2 is 2.14 bits per heavy atom. The standard InChI is InChI=1S/C22H21N3O3S/c1-11-19-20(12-5-6-17(28-2)15(26)9-12)21-14(23-22(19)25-24-11)8-13(10-16(21)27)18-4-3-7-29-18/h3-7,9,13,20,26H,8,10H2,1-2H3,(H2,23,24,25). The molecule has 0 saturated heterocycles. The summed E-state index contributed by atoms with van der Waals surface area (Å²) in [4.78, 5) is 14.6. The van der Waals surface area contributed by atoms with Crippen LogP contribution in [-0.4, -0.2) is 28.2 Å². The predicted octanol–water partition coefficient (Wildman–Crippen LogP) is 4.45. The number of carbonyl (C=O) groups excluding carboxylic acids is 1. The molecule has 1 aromatic carbocycles. The van der Waals surface area contributed by atoms with Crippen molar-refractivity contribution in [2.75, 3.05) is 12.4 Å². The van der Waals surface area contributed by atoms with E-state index in [0.29, 0.717) is 12.2 Å². The molecule has 6 nitrogen and oxygen atoms in total. The fourth-order valence-corrected chi connectivity index (χ4v) is 5.33. The summed E-state index contributed by atoms with van der Waals surface area (Å²) in [5.74, 6) is 1.28. The number of phenols is 1. The van der Waals surface area contributed by atoms with Crippen LogP contribution in [0.3, 0.4) is 0 Å². The van der Waals surface area contributed by atoms with Gasteiger partial charge in [0.2, 0.25) is 0 Å². The average molecular weight is 407 g/mol. The van der Waals surface area contributed by atoms with Crippen LogP contribution in [0.4, 0.5) is 5.82 Å². The lowest BCUT2D eigenvalue weighted by molar-refractivity contribution is -0.116. The Hall–Kier alpha value is -3.06. The van der Waals surface area contributed by atoms with Crippen molar-refractivity contribution < 1.29 is 14.6 Å². The third-order valence-corrected chi connectivity index (χ3v) is 6.87. The van der Waals surface area contributed by atoms with E-state index in [4.69, 9.17) is 4.74 Å². The Kier molecular flexibility index (Phi) is 4.20. The van der Waals surface area contributed by atoms with Crippen molar-refractivity contribution in [3.63, 3.8) is 0 Å². The van der Waals surface area contributed by atoms with Gasteiger partial charge in [0.15, 0.2) is 23.1 Å². The van der Waals surface area contributed by atoms with Gasteiger partial charge < -0.3 is 15.2 Å². The number of hydrogen-bond donors (Lipinski definition) is 3. The number of methoxy groups -OCH3 is 1. The number of nitrogens with one attached hydrogen (secondary N) is 2. The van der Waals surface area contributed by atoms with Crippen molar-refractivity contribution in [2.45, 2.75) is 31.6 Å². The number of carbonyl (C=O) groups is 1. The first-order valence-electron chi connectivity index (χ1n) is 9.55. The second kappa shape index (κ2) is 6.77. The van der Waals surface area contributed by atoms with E-state index < -0.39 is 0 Å². The summed E-state index contributed by atoms with van der Waals surface area (Å²) in [5, 5.41) is 23.3. The second-order valence-electron chi connectivity index (χ2n) is 7.54.